The molecular formula is C28H27Cl3N8OS. The van der Waals surface area contributed by atoms with E-state index in [1.807, 2.05) is 11.4 Å². The van der Waals surface area contributed by atoms with E-state index in [0.717, 1.165) is 62.4 Å². The number of hydrogen-bond acceptors (Lipinski definition) is 7. The Morgan fingerprint density at radius 1 is 1.10 bits per heavy atom. The number of benzene rings is 2. The molecule has 7 rings (SSSR count). The molecule has 5 heterocycles. The summed E-state index contributed by atoms with van der Waals surface area (Å²) < 4.78 is 3.73. The van der Waals surface area contributed by atoms with E-state index < -0.39 is 6.04 Å². The molecule has 1 unspecified atom stereocenters. The summed E-state index contributed by atoms with van der Waals surface area (Å²) in [6, 6.07) is 9.43. The van der Waals surface area contributed by atoms with Gasteiger partial charge in [0, 0.05) is 72.8 Å². The van der Waals surface area contributed by atoms with Gasteiger partial charge >= 0.3 is 0 Å². The van der Waals surface area contributed by atoms with Crippen LogP contribution in [0.25, 0.3) is 22.0 Å². The fourth-order valence-corrected chi connectivity index (χ4v) is 6.68. The summed E-state index contributed by atoms with van der Waals surface area (Å²) in [4.78, 5) is 24.9. The van der Waals surface area contributed by atoms with Gasteiger partial charge in [0.1, 0.15) is 5.52 Å². The third-order valence-electron chi connectivity index (χ3n) is 7.59. The zero-order valence-electron chi connectivity index (χ0n) is 21.9. The topological polar surface area (TPSA) is 92.9 Å². The molecule has 1 atom stereocenters. The largest absolute Gasteiger partial charge is 0.369 e. The quantitative estimate of drug-likeness (QED) is 0.252. The average Bonchev–Trinajstić information content (AvgIpc) is 3.78. The first-order valence-electron chi connectivity index (χ1n) is 13.2. The molecule has 3 aromatic heterocycles. The Morgan fingerprint density at radius 2 is 1.90 bits per heavy atom. The average molecular weight is 630 g/mol. The van der Waals surface area contributed by atoms with Gasteiger partial charge in [-0.1, -0.05) is 35.3 Å². The lowest BCUT2D eigenvalue weighted by Gasteiger charge is -2.29. The van der Waals surface area contributed by atoms with Crippen molar-refractivity contribution >= 4 is 74.6 Å². The molecular weight excluding hydrogens is 603 g/mol. The predicted molar refractivity (Wildman–Crippen MR) is 167 cm³/mol. The number of nitrogens with zero attached hydrogens (tertiary/aromatic N) is 6. The van der Waals surface area contributed by atoms with E-state index in [0.29, 0.717) is 31.8 Å². The molecule has 13 heteroatoms. The minimum Gasteiger partial charge on any atom is -0.369 e. The number of piperazine rings is 1. The SMILES string of the molecule is Cl.O=C(Nc1nccs1)C(c1ncn2c1CCC2)n1cc2c(Cl)cc(-c3ccc(N4CCNCC4)cc3)c(Cl)c2n1. The van der Waals surface area contributed by atoms with Crippen LogP contribution in [0.4, 0.5) is 10.8 Å². The van der Waals surface area contributed by atoms with Gasteiger partial charge in [-0.05, 0) is 36.6 Å². The van der Waals surface area contributed by atoms with Crippen molar-refractivity contribution in [1.82, 2.24) is 29.6 Å². The number of aromatic nitrogens is 5. The molecule has 0 bridgehead atoms. The molecule has 2 aliphatic heterocycles. The number of rotatable bonds is 6. The summed E-state index contributed by atoms with van der Waals surface area (Å²) in [6.45, 7) is 4.80. The van der Waals surface area contributed by atoms with Crippen LogP contribution in [-0.4, -0.2) is 56.4 Å². The first kappa shape index (κ1) is 28.0. The van der Waals surface area contributed by atoms with Crippen molar-refractivity contribution in [2.24, 2.45) is 0 Å². The Bertz CT molecular complexity index is 1690. The third-order valence-corrected chi connectivity index (χ3v) is 8.97. The zero-order chi connectivity index (χ0) is 27.2. The molecule has 0 radical (unpaired) electrons. The second-order valence-corrected chi connectivity index (χ2v) is 11.7. The van der Waals surface area contributed by atoms with Gasteiger partial charge in [-0.3, -0.25) is 14.8 Å². The molecule has 0 aliphatic carbocycles. The van der Waals surface area contributed by atoms with Crippen molar-refractivity contribution in [1.29, 1.82) is 0 Å². The summed E-state index contributed by atoms with van der Waals surface area (Å²) in [5, 5.41) is 15.2. The molecule has 0 saturated carbocycles. The van der Waals surface area contributed by atoms with E-state index in [4.69, 9.17) is 28.3 Å². The summed E-state index contributed by atoms with van der Waals surface area (Å²) >= 11 is 15.2. The maximum absolute atomic E-state index is 13.7. The van der Waals surface area contributed by atoms with Crippen LogP contribution < -0.4 is 15.5 Å². The van der Waals surface area contributed by atoms with E-state index in [2.05, 4.69) is 54.3 Å². The van der Waals surface area contributed by atoms with E-state index in [9.17, 15) is 4.79 Å². The highest BCUT2D eigenvalue weighted by Gasteiger charge is 2.32. The van der Waals surface area contributed by atoms with Gasteiger partial charge < -0.3 is 14.8 Å². The normalized spacial score (nSPS) is 15.5. The van der Waals surface area contributed by atoms with Crippen molar-refractivity contribution < 1.29 is 4.79 Å². The van der Waals surface area contributed by atoms with Crippen LogP contribution in [-0.2, 0) is 17.8 Å². The van der Waals surface area contributed by atoms with Crippen LogP contribution >= 0.6 is 46.9 Å². The maximum Gasteiger partial charge on any atom is 0.257 e. The van der Waals surface area contributed by atoms with Crippen LogP contribution in [0.1, 0.15) is 23.9 Å². The standard InChI is InChI=1S/C28H26Cl2N8OS.ClH/c29-21-14-19(17-3-5-18(6-4-17)36-11-7-31-8-12-36)23(30)24-20(21)15-38(35-24)26(27(39)34-28-32-9-13-40-28)25-22-2-1-10-37(22)16-33-25;/h3-6,9,13-16,26,31H,1-2,7-8,10-12H2,(H,32,34,39);1H. The third kappa shape index (κ3) is 5.19. The Labute approximate surface area is 256 Å². The smallest absolute Gasteiger partial charge is 0.257 e. The van der Waals surface area contributed by atoms with Crippen molar-refractivity contribution in [3.8, 4) is 11.1 Å². The minimum atomic E-state index is -0.806. The number of imidazole rings is 1. The zero-order valence-corrected chi connectivity index (χ0v) is 25.0. The number of anilines is 2. The first-order chi connectivity index (χ1) is 19.6. The van der Waals surface area contributed by atoms with Gasteiger partial charge in [0.05, 0.1) is 22.1 Å². The number of carbonyl (C=O) groups is 1. The molecule has 41 heavy (non-hydrogen) atoms. The summed E-state index contributed by atoms with van der Waals surface area (Å²) in [5.74, 6) is -0.271. The molecule has 2 N–H and O–H groups in total. The highest BCUT2D eigenvalue weighted by atomic mass is 35.5. The van der Waals surface area contributed by atoms with Crippen LogP contribution in [0.2, 0.25) is 10.0 Å². The number of carbonyl (C=O) groups excluding carboxylic acids is 1. The summed E-state index contributed by atoms with van der Waals surface area (Å²) in [6.07, 6.45) is 7.11. The molecule has 0 spiro atoms. The Kier molecular flexibility index (Phi) is 7.93. The van der Waals surface area contributed by atoms with Crippen molar-refractivity contribution in [3.63, 3.8) is 0 Å². The number of amides is 1. The Morgan fingerprint density at radius 3 is 2.66 bits per heavy atom. The molecule has 1 saturated heterocycles. The van der Waals surface area contributed by atoms with E-state index in [1.54, 1.807) is 23.4 Å². The number of fused-ring (bicyclic) bond motifs is 2. The molecule has 2 aliphatic rings. The number of thiazole rings is 1. The number of aryl methyl sites for hydroxylation is 1. The van der Waals surface area contributed by atoms with Crippen molar-refractivity contribution in [3.05, 3.63) is 75.9 Å². The lowest BCUT2D eigenvalue weighted by Crippen LogP contribution is -2.43. The number of halogens is 3. The van der Waals surface area contributed by atoms with Gasteiger partial charge in [0.25, 0.3) is 5.91 Å². The molecule has 1 amide bonds. The van der Waals surface area contributed by atoms with Gasteiger partial charge in [-0.15, -0.1) is 23.7 Å². The highest BCUT2D eigenvalue weighted by Crippen LogP contribution is 2.40. The fourth-order valence-electron chi connectivity index (χ4n) is 5.60. The predicted octanol–water partition coefficient (Wildman–Crippen LogP) is 5.67. The summed E-state index contributed by atoms with van der Waals surface area (Å²) in [7, 11) is 0. The molecule has 5 aromatic rings. The second kappa shape index (κ2) is 11.6. The van der Waals surface area contributed by atoms with Gasteiger partial charge in [-0.25, -0.2) is 9.97 Å². The molecule has 1 fully saturated rings. The van der Waals surface area contributed by atoms with Crippen molar-refractivity contribution in [2.75, 3.05) is 36.4 Å². The summed E-state index contributed by atoms with van der Waals surface area (Å²) in [5.41, 5.74) is 5.18. The van der Waals surface area contributed by atoms with Crippen LogP contribution in [0.3, 0.4) is 0 Å². The van der Waals surface area contributed by atoms with Gasteiger partial charge in [0.2, 0.25) is 0 Å². The van der Waals surface area contributed by atoms with E-state index in [-0.39, 0.29) is 18.3 Å². The van der Waals surface area contributed by atoms with Crippen LogP contribution in [0, 0.1) is 0 Å². The molecule has 9 nitrogen and oxygen atoms in total. The fraction of sp³-hybridized carbons (Fsp3) is 0.286. The maximum atomic E-state index is 13.7. The molecule has 212 valence electrons. The lowest BCUT2D eigenvalue weighted by molar-refractivity contribution is -0.118. The van der Waals surface area contributed by atoms with Crippen LogP contribution in [0.5, 0.6) is 0 Å². The van der Waals surface area contributed by atoms with Crippen molar-refractivity contribution in [2.45, 2.75) is 25.4 Å². The Hall–Kier alpha value is -3.15. The van der Waals surface area contributed by atoms with Crippen LogP contribution in [0.15, 0.2) is 54.4 Å². The highest BCUT2D eigenvalue weighted by molar-refractivity contribution is 7.13. The second-order valence-electron chi connectivity index (χ2n) is 9.98. The monoisotopic (exact) mass is 628 g/mol. The van der Waals surface area contributed by atoms with E-state index in [1.165, 1.54) is 17.0 Å². The first-order valence-corrected chi connectivity index (χ1v) is 14.9. The van der Waals surface area contributed by atoms with Gasteiger partial charge in [-0.2, -0.15) is 5.10 Å². The number of hydrogen-bond donors (Lipinski definition) is 2. The van der Waals surface area contributed by atoms with Gasteiger partial charge in [0.15, 0.2) is 11.2 Å². The number of nitrogens with one attached hydrogen (secondary N) is 2. The minimum absolute atomic E-state index is 0. The molecule has 2 aromatic carbocycles. The lowest BCUT2D eigenvalue weighted by atomic mass is 10.0. The Balaban J connectivity index is 0.00000302. The van der Waals surface area contributed by atoms with E-state index >= 15 is 0 Å².